The molecule has 0 aliphatic carbocycles. The molecule has 2 heterocycles. The number of hydrogen-bond donors (Lipinski definition) is 1. The van der Waals surface area contributed by atoms with Crippen LogP contribution in [0.15, 0.2) is 45.1 Å². The zero-order valence-electron chi connectivity index (χ0n) is 17.0. The van der Waals surface area contributed by atoms with Crippen LogP contribution in [0.4, 0.5) is 5.82 Å². The van der Waals surface area contributed by atoms with Gasteiger partial charge in [-0.1, -0.05) is 29.8 Å². The molecule has 0 unspecified atom stereocenters. The van der Waals surface area contributed by atoms with Crippen molar-refractivity contribution >= 4 is 11.8 Å². The molecule has 148 valence electrons. The van der Waals surface area contributed by atoms with Gasteiger partial charge in [0.2, 0.25) is 0 Å². The molecule has 2 aromatic rings. The quantitative estimate of drug-likeness (QED) is 0.822. The summed E-state index contributed by atoms with van der Waals surface area (Å²) in [6, 6.07) is 7.67. The minimum Gasteiger partial charge on any atom is -0.460 e. The van der Waals surface area contributed by atoms with Gasteiger partial charge in [0.15, 0.2) is 0 Å². The van der Waals surface area contributed by atoms with E-state index in [0.717, 1.165) is 15.7 Å². The van der Waals surface area contributed by atoms with E-state index in [2.05, 4.69) is 5.32 Å². The van der Waals surface area contributed by atoms with Crippen LogP contribution in [0.3, 0.4) is 0 Å². The van der Waals surface area contributed by atoms with Gasteiger partial charge in [0.05, 0.1) is 23.2 Å². The zero-order valence-corrected chi connectivity index (χ0v) is 17.0. The van der Waals surface area contributed by atoms with Crippen molar-refractivity contribution in [1.29, 1.82) is 0 Å². The summed E-state index contributed by atoms with van der Waals surface area (Å²) in [5.41, 5.74) is 2.29. The van der Waals surface area contributed by atoms with Crippen LogP contribution >= 0.6 is 0 Å². The van der Waals surface area contributed by atoms with Crippen molar-refractivity contribution in [3.05, 3.63) is 73.1 Å². The average Bonchev–Trinajstić information content (AvgIpc) is 2.63. The molecule has 3 rings (SSSR count). The number of rotatable bonds is 3. The van der Waals surface area contributed by atoms with Gasteiger partial charge < -0.3 is 10.1 Å². The van der Waals surface area contributed by atoms with E-state index in [9.17, 15) is 14.4 Å². The lowest BCUT2D eigenvalue weighted by Crippen LogP contribution is -2.43. The van der Waals surface area contributed by atoms with Gasteiger partial charge in [-0.05, 0) is 33.3 Å². The highest BCUT2D eigenvalue weighted by Crippen LogP contribution is 2.40. The van der Waals surface area contributed by atoms with Crippen LogP contribution in [-0.4, -0.2) is 21.2 Å². The third-order valence-corrected chi connectivity index (χ3v) is 4.96. The summed E-state index contributed by atoms with van der Waals surface area (Å²) in [6.45, 7) is 7.28. The maximum absolute atomic E-state index is 13.1. The van der Waals surface area contributed by atoms with Gasteiger partial charge in [-0.3, -0.25) is 13.9 Å². The second-order valence-electron chi connectivity index (χ2n) is 7.43. The van der Waals surface area contributed by atoms with Crippen LogP contribution in [0.5, 0.6) is 0 Å². The highest BCUT2D eigenvalue weighted by molar-refractivity contribution is 5.94. The number of carbonyl (C=O) groups is 1. The first kappa shape index (κ1) is 19.7. The van der Waals surface area contributed by atoms with Crippen LogP contribution in [-0.2, 0) is 23.6 Å². The number of esters is 1. The van der Waals surface area contributed by atoms with Crippen molar-refractivity contribution < 1.29 is 9.53 Å². The van der Waals surface area contributed by atoms with Crippen LogP contribution < -0.4 is 16.6 Å². The predicted octanol–water partition coefficient (Wildman–Crippen LogP) is 2.18. The monoisotopic (exact) mass is 383 g/mol. The molecule has 0 saturated heterocycles. The third-order valence-electron chi connectivity index (χ3n) is 4.96. The fourth-order valence-electron chi connectivity index (χ4n) is 3.53. The maximum atomic E-state index is 13.1. The Morgan fingerprint density at radius 2 is 1.68 bits per heavy atom. The summed E-state index contributed by atoms with van der Waals surface area (Å²) in [5.74, 6) is -0.710. The van der Waals surface area contributed by atoms with Crippen molar-refractivity contribution in [3.8, 4) is 0 Å². The Hall–Kier alpha value is -3.09. The number of hydrogen-bond acceptors (Lipinski definition) is 5. The molecule has 0 saturated carbocycles. The molecule has 1 aliphatic heterocycles. The highest BCUT2D eigenvalue weighted by Gasteiger charge is 2.37. The minimum atomic E-state index is -0.631. The van der Waals surface area contributed by atoms with Gasteiger partial charge in [0.1, 0.15) is 5.82 Å². The van der Waals surface area contributed by atoms with E-state index in [1.54, 1.807) is 27.8 Å². The van der Waals surface area contributed by atoms with Crippen LogP contribution in [0.2, 0.25) is 0 Å². The summed E-state index contributed by atoms with van der Waals surface area (Å²) in [5, 5.41) is 3.08. The number of benzene rings is 1. The fourth-order valence-corrected chi connectivity index (χ4v) is 3.53. The Morgan fingerprint density at radius 3 is 2.25 bits per heavy atom. The molecule has 1 N–H and O–H groups in total. The van der Waals surface area contributed by atoms with Crippen LogP contribution in [0.1, 0.15) is 43.4 Å². The Bertz CT molecular complexity index is 1090. The highest BCUT2D eigenvalue weighted by atomic mass is 16.5. The SMILES string of the molecule is CC1=C(C(=O)OC(C)C)[C@@H](c2ccc(C)cc2)c2c(n(C)c(=O)n(C)c2=O)N1. The summed E-state index contributed by atoms with van der Waals surface area (Å²) < 4.78 is 7.92. The summed E-state index contributed by atoms with van der Waals surface area (Å²) in [4.78, 5) is 38.4. The smallest absolute Gasteiger partial charge is 0.337 e. The summed E-state index contributed by atoms with van der Waals surface area (Å²) in [6.07, 6.45) is -0.296. The fraction of sp³-hybridized carbons (Fsp3) is 0.381. The first-order valence-electron chi connectivity index (χ1n) is 9.18. The second kappa shape index (κ2) is 7.14. The molecular weight excluding hydrogens is 358 g/mol. The van der Waals surface area contributed by atoms with Crippen LogP contribution in [0.25, 0.3) is 0 Å². The van der Waals surface area contributed by atoms with E-state index in [4.69, 9.17) is 4.74 Å². The molecular formula is C21H25N3O4. The number of allylic oxidation sites excluding steroid dienone is 1. The number of anilines is 1. The molecule has 0 radical (unpaired) electrons. The lowest BCUT2D eigenvalue weighted by molar-refractivity contribution is -0.143. The van der Waals surface area contributed by atoms with Gasteiger partial charge in [-0.25, -0.2) is 9.59 Å². The van der Waals surface area contributed by atoms with E-state index < -0.39 is 23.1 Å². The standard InChI is InChI=1S/C21H25N3O4/c1-11(2)28-20(26)15-13(4)22-18-17(19(25)24(6)21(27)23(18)5)16(15)14-9-7-12(3)8-10-14/h7-11,16,22H,1-6H3/t16-/m1/s1. The molecule has 0 fully saturated rings. The van der Waals surface area contributed by atoms with Gasteiger partial charge in [0, 0.05) is 19.8 Å². The van der Waals surface area contributed by atoms with Crippen molar-refractivity contribution in [2.24, 2.45) is 14.1 Å². The number of aryl methyl sites for hydroxylation is 1. The van der Waals surface area contributed by atoms with E-state index in [1.807, 2.05) is 31.2 Å². The zero-order chi connectivity index (χ0) is 20.7. The normalized spacial score (nSPS) is 16.0. The maximum Gasteiger partial charge on any atom is 0.337 e. The molecule has 1 atom stereocenters. The predicted molar refractivity (Wildman–Crippen MR) is 107 cm³/mol. The van der Waals surface area contributed by atoms with Crippen LogP contribution in [0, 0.1) is 6.92 Å². The topological polar surface area (TPSA) is 82.3 Å². The minimum absolute atomic E-state index is 0.296. The Balaban J connectivity index is 2.35. The number of nitrogens with zero attached hydrogens (tertiary/aromatic N) is 2. The number of fused-ring (bicyclic) bond motifs is 1. The number of ether oxygens (including phenoxy) is 1. The van der Waals surface area contributed by atoms with E-state index in [1.165, 1.54) is 11.6 Å². The Labute approximate surface area is 163 Å². The molecule has 7 heteroatoms. The van der Waals surface area contributed by atoms with Gasteiger partial charge in [-0.15, -0.1) is 0 Å². The van der Waals surface area contributed by atoms with Crippen molar-refractivity contribution in [2.75, 3.05) is 5.32 Å². The van der Waals surface area contributed by atoms with Crippen molar-refractivity contribution in [3.63, 3.8) is 0 Å². The molecule has 28 heavy (non-hydrogen) atoms. The van der Waals surface area contributed by atoms with Crippen molar-refractivity contribution in [2.45, 2.75) is 39.7 Å². The Morgan fingerprint density at radius 1 is 1.07 bits per heavy atom. The number of carbonyl (C=O) groups excluding carboxylic acids is 1. The lowest BCUT2D eigenvalue weighted by Gasteiger charge is -2.31. The number of nitrogens with one attached hydrogen (secondary N) is 1. The van der Waals surface area contributed by atoms with E-state index in [0.29, 0.717) is 22.7 Å². The van der Waals surface area contributed by atoms with Gasteiger partial charge in [0.25, 0.3) is 5.56 Å². The second-order valence-corrected chi connectivity index (χ2v) is 7.43. The molecule has 1 aromatic heterocycles. The molecule has 0 amide bonds. The summed E-state index contributed by atoms with van der Waals surface area (Å²) in [7, 11) is 3.04. The molecule has 7 nitrogen and oxygen atoms in total. The average molecular weight is 383 g/mol. The first-order valence-corrected chi connectivity index (χ1v) is 9.18. The molecule has 0 bridgehead atoms. The molecule has 1 aromatic carbocycles. The van der Waals surface area contributed by atoms with Crippen molar-refractivity contribution in [1.82, 2.24) is 9.13 Å². The molecule has 1 aliphatic rings. The molecule has 0 spiro atoms. The largest absolute Gasteiger partial charge is 0.460 e. The third kappa shape index (κ3) is 3.17. The van der Waals surface area contributed by atoms with Gasteiger partial charge >= 0.3 is 11.7 Å². The summed E-state index contributed by atoms with van der Waals surface area (Å²) >= 11 is 0. The van der Waals surface area contributed by atoms with E-state index in [-0.39, 0.29) is 6.10 Å². The number of aromatic nitrogens is 2. The van der Waals surface area contributed by atoms with Gasteiger partial charge in [-0.2, -0.15) is 0 Å². The van der Waals surface area contributed by atoms with E-state index >= 15 is 0 Å². The lowest BCUT2D eigenvalue weighted by atomic mass is 9.82. The Kier molecular flexibility index (Phi) is 5.02. The first-order chi connectivity index (χ1) is 13.1.